The molecular formula is C24H24N2O5. The fraction of sp³-hybridized carbons (Fsp3) is 0.250. The number of amides is 1. The van der Waals surface area contributed by atoms with Crippen molar-refractivity contribution in [1.29, 1.82) is 0 Å². The van der Waals surface area contributed by atoms with Crippen LogP contribution in [0.3, 0.4) is 0 Å². The van der Waals surface area contributed by atoms with E-state index in [1.165, 1.54) is 7.11 Å². The van der Waals surface area contributed by atoms with Gasteiger partial charge in [0, 0.05) is 23.9 Å². The monoisotopic (exact) mass is 420 g/mol. The molecule has 1 amide bonds. The summed E-state index contributed by atoms with van der Waals surface area (Å²) in [5.74, 6) is 0.610. The fourth-order valence-electron chi connectivity index (χ4n) is 3.84. The molecule has 7 heteroatoms. The first-order valence-electron chi connectivity index (χ1n) is 10.0. The molecule has 4 rings (SSSR count). The molecule has 0 saturated carbocycles. The molecule has 0 bridgehead atoms. The lowest BCUT2D eigenvalue weighted by Gasteiger charge is -2.28. The molecule has 2 N–H and O–H groups in total. The average molecular weight is 420 g/mol. The number of aryl methyl sites for hydroxylation is 1. The van der Waals surface area contributed by atoms with Crippen LogP contribution >= 0.6 is 0 Å². The standard InChI is InChI=1S/C24H24N2O5/c1-14-20(24(28)30-13-12-29-3)15(2)25-21(14)23(27)26-22-16-8-4-6-10-18(16)31-19-11-7-5-9-17(19)22/h4-11,22,25H,12-13H2,1-3H3,(H,26,27). The molecule has 0 unspecified atom stereocenters. The first kappa shape index (κ1) is 20.7. The van der Waals surface area contributed by atoms with Crippen LogP contribution in [-0.4, -0.2) is 37.2 Å². The Labute approximate surface area is 180 Å². The van der Waals surface area contributed by atoms with Crippen molar-refractivity contribution in [2.75, 3.05) is 20.3 Å². The predicted molar refractivity (Wildman–Crippen MR) is 115 cm³/mol. The number of benzene rings is 2. The molecule has 7 nitrogen and oxygen atoms in total. The van der Waals surface area contributed by atoms with E-state index in [2.05, 4.69) is 10.3 Å². The Morgan fingerprint density at radius 2 is 1.61 bits per heavy atom. The van der Waals surface area contributed by atoms with E-state index in [0.717, 1.165) is 11.1 Å². The largest absolute Gasteiger partial charge is 0.460 e. The molecule has 2 aromatic carbocycles. The number of carbonyl (C=O) groups excluding carboxylic acids is 2. The highest BCUT2D eigenvalue weighted by atomic mass is 16.6. The van der Waals surface area contributed by atoms with Crippen LogP contribution in [0.25, 0.3) is 0 Å². The number of hydrogen-bond acceptors (Lipinski definition) is 5. The summed E-state index contributed by atoms with van der Waals surface area (Å²) in [4.78, 5) is 28.8. The molecule has 0 atom stereocenters. The number of para-hydroxylation sites is 2. The number of esters is 1. The number of methoxy groups -OCH3 is 1. The molecule has 1 aromatic heterocycles. The van der Waals surface area contributed by atoms with Crippen molar-refractivity contribution in [3.63, 3.8) is 0 Å². The molecule has 160 valence electrons. The molecule has 31 heavy (non-hydrogen) atoms. The number of carbonyl (C=O) groups is 2. The maximum atomic E-state index is 13.2. The summed E-state index contributed by atoms with van der Waals surface area (Å²) in [5.41, 5.74) is 3.57. The first-order chi connectivity index (χ1) is 15.0. The zero-order valence-electron chi connectivity index (χ0n) is 17.7. The van der Waals surface area contributed by atoms with Gasteiger partial charge < -0.3 is 24.5 Å². The summed E-state index contributed by atoms with van der Waals surface area (Å²) in [6.07, 6.45) is 0. The van der Waals surface area contributed by atoms with E-state index in [-0.39, 0.29) is 18.6 Å². The summed E-state index contributed by atoms with van der Waals surface area (Å²) >= 11 is 0. The fourth-order valence-corrected chi connectivity index (χ4v) is 3.84. The van der Waals surface area contributed by atoms with E-state index in [4.69, 9.17) is 14.2 Å². The van der Waals surface area contributed by atoms with E-state index in [1.807, 2.05) is 48.5 Å². The number of ether oxygens (including phenoxy) is 3. The summed E-state index contributed by atoms with van der Waals surface area (Å²) in [6, 6.07) is 14.8. The van der Waals surface area contributed by atoms with E-state index in [9.17, 15) is 9.59 Å². The van der Waals surface area contributed by atoms with E-state index in [0.29, 0.717) is 40.6 Å². The van der Waals surface area contributed by atoms with Crippen molar-refractivity contribution in [1.82, 2.24) is 10.3 Å². The van der Waals surface area contributed by atoms with Crippen LogP contribution in [0.4, 0.5) is 0 Å². The number of H-pyrrole nitrogens is 1. The Morgan fingerprint density at radius 1 is 1.00 bits per heavy atom. The molecule has 0 radical (unpaired) electrons. The molecule has 0 saturated heterocycles. The van der Waals surface area contributed by atoms with Crippen LogP contribution < -0.4 is 10.1 Å². The van der Waals surface area contributed by atoms with Crippen molar-refractivity contribution >= 4 is 11.9 Å². The van der Waals surface area contributed by atoms with Crippen LogP contribution in [-0.2, 0) is 9.47 Å². The van der Waals surface area contributed by atoms with Gasteiger partial charge in [0.25, 0.3) is 5.91 Å². The van der Waals surface area contributed by atoms with Crippen molar-refractivity contribution in [2.45, 2.75) is 19.9 Å². The Balaban J connectivity index is 1.63. The lowest BCUT2D eigenvalue weighted by atomic mass is 9.94. The Hall–Kier alpha value is -3.58. The zero-order valence-corrected chi connectivity index (χ0v) is 17.7. The van der Waals surface area contributed by atoms with Gasteiger partial charge in [0.2, 0.25) is 0 Å². The summed E-state index contributed by atoms with van der Waals surface area (Å²) in [7, 11) is 1.54. The smallest absolute Gasteiger partial charge is 0.340 e. The Bertz CT molecular complexity index is 1090. The van der Waals surface area contributed by atoms with E-state index >= 15 is 0 Å². The van der Waals surface area contributed by atoms with Crippen molar-refractivity contribution in [3.8, 4) is 11.5 Å². The van der Waals surface area contributed by atoms with Crippen LogP contribution in [0.2, 0.25) is 0 Å². The van der Waals surface area contributed by atoms with E-state index in [1.54, 1.807) is 13.8 Å². The number of aromatic nitrogens is 1. The highest BCUT2D eigenvalue weighted by Gasteiger charge is 2.30. The SMILES string of the molecule is COCCOC(=O)c1c(C)[nH]c(C(=O)NC2c3ccccc3Oc3ccccc32)c1C. The molecule has 1 aliphatic heterocycles. The minimum Gasteiger partial charge on any atom is -0.460 e. The minimum atomic E-state index is -0.482. The molecule has 2 heterocycles. The molecule has 1 aliphatic rings. The molecule has 0 spiro atoms. The zero-order chi connectivity index (χ0) is 22.0. The lowest BCUT2D eigenvalue weighted by Crippen LogP contribution is -2.31. The van der Waals surface area contributed by atoms with Gasteiger partial charge in [-0.25, -0.2) is 4.79 Å². The van der Waals surface area contributed by atoms with Gasteiger partial charge >= 0.3 is 5.97 Å². The third-order valence-electron chi connectivity index (χ3n) is 5.34. The van der Waals surface area contributed by atoms with Gasteiger partial charge in [-0.1, -0.05) is 36.4 Å². The summed E-state index contributed by atoms with van der Waals surface area (Å²) in [6.45, 7) is 3.94. The quantitative estimate of drug-likeness (QED) is 0.464. The molecule has 0 fully saturated rings. The topological polar surface area (TPSA) is 89.7 Å². The second-order valence-electron chi connectivity index (χ2n) is 7.34. The summed E-state index contributed by atoms with van der Waals surface area (Å²) < 4.78 is 16.1. The average Bonchev–Trinajstić information content (AvgIpc) is 3.07. The predicted octanol–water partition coefficient (Wildman–Crippen LogP) is 4.06. The Kier molecular flexibility index (Phi) is 5.77. The summed E-state index contributed by atoms with van der Waals surface area (Å²) in [5, 5.41) is 3.10. The van der Waals surface area contributed by atoms with Gasteiger partial charge in [0.15, 0.2) is 0 Å². The third-order valence-corrected chi connectivity index (χ3v) is 5.34. The maximum Gasteiger partial charge on any atom is 0.340 e. The number of nitrogens with one attached hydrogen (secondary N) is 2. The van der Waals surface area contributed by atoms with Gasteiger partial charge in [-0.15, -0.1) is 0 Å². The van der Waals surface area contributed by atoms with Crippen molar-refractivity contribution < 1.29 is 23.8 Å². The van der Waals surface area contributed by atoms with Gasteiger partial charge in [-0.3, -0.25) is 4.79 Å². The highest BCUT2D eigenvalue weighted by molar-refractivity contribution is 6.00. The van der Waals surface area contributed by atoms with E-state index < -0.39 is 5.97 Å². The lowest BCUT2D eigenvalue weighted by molar-refractivity contribution is 0.0387. The van der Waals surface area contributed by atoms with Crippen LogP contribution in [0.5, 0.6) is 11.5 Å². The Morgan fingerprint density at radius 3 is 2.23 bits per heavy atom. The van der Waals surface area contributed by atoms with Crippen molar-refractivity contribution in [3.05, 3.63) is 82.2 Å². The first-order valence-corrected chi connectivity index (χ1v) is 10.0. The molecule has 3 aromatic rings. The van der Waals surface area contributed by atoms with Gasteiger partial charge in [0.05, 0.1) is 18.2 Å². The minimum absolute atomic E-state index is 0.149. The number of fused-ring (bicyclic) bond motifs is 2. The third kappa shape index (κ3) is 3.92. The van der Waals surface area contributed by atoms with Crippen LogP contribution in [0, 0.1) is 13.8 Å². The second kappa shape index (κ2) is 8.65. The van der Waals surface area contributed by atoms with Gasteiger partial charge in [-0.05, 0) is 31.5 Å². The maximum absolute atomic E-state index is 13.2. The normalized spacial score (nSPS) is 12.5. The molecular weight excluding hydrogens is 396 g/mol. The second-order valence-corrected chi connectivity index (χ2v) is 7.34. The molecule has 0 aliphatic carbocycles. The van der Waals surface area contributed by atoms with Crippen LogP contribution in [0.15, 0.2) is 48.5 Å². The number of aromatic amines is 1. The highest BCUT2D eigenvalue weighted by Crippen LogP contribution is 2.42. The van der Waals surface area contributed by atoms with Crippen LogP contribution in [0.1, 0.15) is 49.3 Å². The van der Waals surface area contributed by atoms with Gasteiger partial charge in [0.1, 0.15) is 23.8 Å². The number of hydrogen-bond donors (Lipinski definition) is 2. The number of rotatable bonds is 6. The van der Waals surface area contributed by atoms with Crippen molar-refractivity contribution in [2.24, 2.45) is 0 Å². The van der Waals surface area contributed by atoms with Gasteiger partial charge in [-0.2, -0.15) is 0 Å².